The normalized spacial score (nSPS) is 13.9. The van der Waals surface area contributed by atoms with E-state index in [0.29, 0.717) is 19.5 Å². The Hall–Kier alpha value is -3.34. The molecule has 0 atom stereocenters. The van der Waals surface area contributed by atoms with Crippen LogP contribution >= 0.6 is 0 Å². The summed E-state index contributed by atoms with van der Waals surface area (Å²) in [6.07, 6.45) is 5.66. The Morgan fingerprint density at radius 3 is 2.62 bits per heavy atom. The molecular formula is C24H24N2O3. The highest BCUT2D eigenvalue weighted by molar-refractivity contribution is 5.84. The minimum absolute atomic E-state index is 0.145. The van der Waals surface area contributed by atoms with Crippen LogP contribution in [-0.4, -0.2) is 41.5 Å². The highest BCUT2D eigenvalue weighted by Gasteiger charge is 2.19. The predicted molar refractivity (Wildman–Crippen MR) is 113 cm³/mol. The van der Waals surface area contributed by atoms with Crippen molar-refractivity contribution in [1.82, 2.24) is 9.88 Å². The lowest BCUT2D eigenvalue weighted by atomic mass is 10.00. The number of H-pyrrole nitrogens is 1. The van der Waals surface area contributed by atoms with Crippen molar-refractivity contribution in [2.45, 2.75) is 19.3 Å². The van der Waals surface area contributed by atoms with Crippen molar-refractivity contribution in [1.29, 1.82) is 0 Å². The van der Waals surface area contributed by atoms with Gasteiger partial charge in [-0.1, -0.05) is 54.6 Å². The molecule has 1 aliphatic rings. The van der Waals surface area contributed by atoms with Crippen LogP contribution in [0.3, 0.4) is 0 Å². The molecule has 0 saturated carbocycles. The predicted octanol–water partition coefficient (Wildman–Crippen LogP) is 3.96. The van der Waals surface area contributed by atoms with E-state index in [0.717, 1.165) is 22.9 Å². The summed E-state index contributed by atoms with van der Waals surface area (Å²) in [5, 5.41) is 1.12. The first-order chi connectivity index (χ1) is 14.2. The van der Waals surface area contributed by atoms with Gasteiger partial charge in [0.15, 0.2) is 6.61 Å². The second-order valence-corrected chi connectivity index (χ2v) is 7.21. The summed E-state index contributed by atoms with van der Waals surface area (Å²) in [6, 6.07) is 18.2. The van der Waals surface area contributed by atoms with E-state index in [1.807, 2.05) is 48.7 Å². The number of aromatic amines is 1. The molecule has 5 nitrogen and oxygen atoms in total. The number of aromatic nitrogens is 1. The van der Waals surface area contributed by atoms with Gasteiger partial charge in [-0.05, 0) is 35.6 Å². The fraction of sp³-hybridized carbons (Fsp3) is 0.250. The van der Waals surface area contributed by atoms with Gasteiger partial charge in [0.1, 0.15) is 0 Å². The number of fused-ring (bicyclic) bond motifs is 1. The number of esters is 1. The highest BCUT2D eigenvalue weighted by Crippen LogP contribution is 2.22. The van der Waals surface area contributed by atoms with Crippen LogP contribution < -0.4 is 0 Å². The molecule has 0 bridgehead atoms. The van der Waals surface area contributed by atoms with E-state index in [1.54, 1.807) is 4.90 Å². The zero-order chi connectivity index (χ0) is 20.1. The van der Waals surface area contributed by atoms with E-state index >= 15 is 0 Å². The lowest BCUT2D eigenvalue weighted by Crippen LogP contribution is -2.37. The monoisotopic (exact) mass is 388 g/mol. The van der Waals surface area contributed by atoms with Crippen LogP contribution in [0.4, 0.5) is 0 Å². The average molecular weight is 388 g/mol. The van der Waals surface area contributed by atoms with Gasteiger partial charge in [-0.25, -0.2) is 0 Å². The number of hydrogen-bond donors (Lipinski definition) is 1. The number of benzene rings is 2. The van der Waals surface area contributed by atoms with Gasteiger partial charge < -0.3 is 14.6 Å². The number of nitrogens with zero attached hydrogens (tertiary/aromatic N) is 1. The summed E-state index contributed by atoms with van der Waals surface area (Å²) in [7, 11) is 0. The second-order valence-electron chi connectivity index (χ2n) is 7.21. The van der Waals surface area contributed by atoms with Gasteiger partial charge in [0.2, 0.25) is 0 Å². The number of amides is 1. The summed E-state index contributed by atoms with van der Waals surface area (Å²) >= 11 is 0. The molecule has 5 heteroatoms. The number of rotatable bonds is 6. The summed E-state index contributed by atoms with van der Waals surface area (Å²) < 4.78 is 5.22. The van der Waals surface area contributed by atoms with Gasteiger partial charge >= 0.3 is 5.97 Å². The third-order valence-electron chi connectivity index (χ3n) is 5.34. The van der Waals surface area contributed by atoms with Gasteiger partial charge in [0.25, 0.3) is 5.91 Å². The van der Waals surface area contributed by atoms with Gasteiger partial charge in [-0.2, -0.15) is 0 Å². The molecule has 0 fully saturated rings. The van der Waals surface area contributed by atoms with Gasteiger partial charge in [0.05, 0.1) is 0 Å². The van der Waals surface area contributed by atoms with Crippen molar-refractivity contribution in [3.05, 3.63) is 78.0 Å². The number of carbonyl (C=O) groups is 2. The van der Waals surface area contributed by atoms with Crippen molar-refractivity contribution >= 4 is 28.4 Å². The number of para-hydroxylation sites is 1. The molecule has 2 heterocycles. The molecule has 2 aromatic carbocycles. The Balaban J connectivity index is 1.23. The van der Waals surface area contributed by atoms with Crippen molar-refractivity contribution in [2.75, 3.05) is 19.7 Å². The quantitative estimate of drug-likeness (QED) is 0.650. The van der Waals surface area contributed by atoms with Crippen LogP contribution in [-0.2, 0) is 20.7 Å². The summed E-state index contributed by atoms with van der Waals surface area (Å²) in [4.78, 5) is 29.4. The third kappa shape index (κ3) is 4.57. The van der Waals surface area contributed by atoms with E-state index in [2.05, 4.69) is 23.2 Å². The number of ether oxygens (including phenoxy) is 1. The average Bonchev–Trinajstić information content (AvgIpc) is 3.20. The lowest BCUT2D eigenvalue weighted by Gasteiger charge is -2.26. The molecule has 0 saturated heterocycles. The summed E-state index contributed by atoms with van der Waals surface area (Å²) in [5.74, 6) is -0.491. The SMILES string of the molecule is O=C(CCc1c[nH]c2ccccc12)OCC(=O)N1CC=C(c2ccccc2)CC1. The lowest BCUT2D eigenvalue weighted by molar-refractivity contribution is -0.151. The number of carbonyl (C=O) groups excluding carboxylic acids is 2. The topological polar surface area (TPSA) is 62.4 Å². The molecule has 0 spiro atoms. The van der Waals surface area contributed by atoms with E-state index < -0.39 is 0 Å². The minimum atomic E-state index is -0.346. The van der Waals surface area contributed by atoms with Crippen LogP contribution in [0.2, 0.25) is 0 Å². The smallest absolute Gasteiger partial charge is 0.306 e. The highest BCUT2D eigenvalue weighted by atomic mass is 16.5. The first-order valence-electron chi connectivity index (χ1n) is 9.93. The van der Waals surface area contributed by atoms with E-state index in [1.165, 1.54) is 11.1 Å². The zero-order valence-electron chi connectivity index (χ0n) is 16.3. The maximum Gasteiger partial charge on any atom is 0.306 e. The van der Waals surface area contributed by atoms with Crippen LogP contribution in [0.25, 0.3) is 16.5 Å². The van der Waals surface area contributed by atoms with E-state index in [9.17, 15) is 9.59 Å². The molecule has 1 amide bonds. The largest absolute Gasteiger partial charge is 0.456 e. The molecule has 1 aliphatic heterocycles. The third-order valence-corrected chi connectivity index (χ3v) is 5.34. The Kier molecular flexibility index (Phi) is 5.75. The van der Waals surface area contributed by atoms with Crippen LogP contribution in [0, 0.1) is 0 Å². The fourth-order valence-electron chi connectivity index (χ4n) is 3.69. The summed E-state index contributed by atoms with van der Waals surface area (Å²) in [5.41, 5.74) is 4.59. The van der Waals surface area contributed by atoms with Gasteiger partial charge in [-0.3, -0.25) is 9.59 Å². The van der Waals surface area contributed by atoms with E-state index in [-0.39, 0.29) is 24.9 Å². The first-order valence-corrected chi connectivity index (χ1v) is 9.93. The van der Waals surface area contributed by atoms with Crippen LogP contribution in [0.15, 0.2) is 66.9 Å². The fourth-order valence-corrected chi connectivity index (χ4v) is 3.69. The van der Waals surface area contributed by atoms with Crippen molar-refractivity contribution in [2.24, 2.45) is 0 Å². The Labute approximate surface area is 170 Å². The molecule has 0 radical (unpaired) electrons. The van der Waals surface area contributed by atoms with Crippen molar-refractivity contribution < 1.29 is 14.3 Å². The van der Waals surface area contributed by atoms with Crippen molar-refractivity contribution in [3.8, 4) is 0 Å². The summed E-state index contributed by atoms with van der Waals surface area (Å²) in [6.45, 7) is 1.00. The first kappa shape index (κ1) is 19.0. The Morgan fingerprint density at radius 2 is 1.83 bits per heavy atom. The van der Waals surface area contributed by atoms with Gasteiger partial charge in [-0.15, -0.1) is 0 Å². The molecule has 0 unspecified atom stereocenters. The molecule has 1 aromatic heterocycles. The van der Waals surface area contributed by atoms with Crippen molar-refractivity contribution in [3.63, 3.8) is 0 Å². The second kappa shape index (κ2) is 8.78. The maximum atomic E-state index is 12.4. The molecule has 4 rings (SSSR count). The standard InChI is InChI=1S/C24H24N2O3/c27-23(26-14-12-19(13-15-26)18-6-2-1-3-7-18)17-29-24(28)11-10-20-16-25-22-9-5-4-8-21(20)22/h1-9,12,16,25H,10-11,13-15,17H2. The van der Waals surface area contributed by atoms with Crippen LogP contribution in [0.1, 0.15) is 24.0 Å². The molecule has 1 N–H and O–H groups in total. The Bertz CT molecular complexity index is 1040. The van der Waals surface area contributed by atoms with Crippen LogP contribution in [0.5, 0.6) is 0 Å². The minimum Gasteiger partial charge on any atom is -0.456 e. The molecule has 0 aliphatic carbocycles. The number of nitrogens with one attached hydrogen (secondary N) is 1. The zero-order valence-corrected chi connectivity index (χ0v) is 16.3. The Morgan fingerprint density at radius 1 is 1.03 bits per heavy atom. The molecule has 3 aromatic rings. The molecule has 148 valence electrons. The molecule has 29 heavy (non-hydrogen) atoms. The molecular weight excluding hydrogens is 364 g/mol. The van der Waals surface area contributed by atoms with E-state index in [4.69, 9.17) is 4.74 Å². The number of hydrogen-bond acceptors (Lipinski definition) is 3. The van der Waals surface area contributed by atoms with Gasteiger partial charge in [0, 0.05) is 36.6 Å². The number of aryl methyl sites for hydroxylation is 1. The maximum absolute atomic E-state index is 12.4.